The maximum atomic E-state index is 13.4. The van der Waals surface area contributed by atoms with Gasteiger partial charge in [0.15, 0.2) is 0 Å². The molecule has 1 unspecified atom stereocenters. The lowest BCUT2D eigenvalue weighted by molar-refractivity contribution is 0.171. The first kappa shape index (κ1) is 22.2. The summed E-state index contributed by atoms with van der Waals surface area (Å²) in [7, 11) is -3.84. The summed E-state index contributed by atoms with van der Waals surface area (Å²) in [5.41, 5.74) is 1.30. The highest BCUT2D eigenvalue weighted by molar-refractivity contribution is 7.95. The van der Waals surface area contributed by atoms with Crippen LogP contribution in [0.3, 0.4) is 0 Å². The van der Waals surface area contributed by atoms with Gasteiger partial charge in [-0.25, -0.2) is 9.10 Å². The van der Waals surface area contributed by atoms with E-state index in [1.54, 1.807) is 42.5 Å². The van der Waals surface area contributed by atoms with Crippen molar-refractivity contribution < 1.29 is 18.3 Å². The highest BCUT2D eigenvalue weighted by Crippen LogP contribution is 2.46. The Morgan fingerprint density at radius 2 is 1.80 bits per heavy atom. The standard InChI is InChI=1S/C21H26ClN3O4S/c1-21(2,3)19(23-20(26)27)10-7-13-24-17-12-11-15(22)14-18(17)25(30(24,28)29)16-8-5-4-6-9-16/h4-6,8-9,11-12,14,19,23H,7,10,13H2,1-3H3,(H,26,27). The molecule has 30 heavy (non-hydrogen) atoms. The minimum atomic E-state index is -3.84. The maximum absolute atomic E-state index is 13.4. The lowest BCUT2D eigenvalue weighted by atomic mass is 9.84. The van der Waals surface area contributed by atoms with Crippen molar-refractivity contribution in [2.75, 3.05) is 15.2 Å². The fourth-order valence-electron chi connectivity index (χ4n) is 3.60. The molecule has 2 aromatic rings. The summed E-state index contributed by atoms with van der Waals surface area (Å²) in [6.07, 6.45) is -0.0821. The van der Waals surface area contributed by atoms with Crippen LogP contribution in [0.1, 0.15) is 33.6 Å². The van der Waals surface area contributed by atoms with E-state index >= 15 is 0 Å². The lowest BCUT2D eigenvalue weighted by Crippen LogP contribution is -2.44. The quantitative estimate of drug-likeness (QED) is 0.646. The molecule has 0 radical (unpaired) electrons. The van der Waals surface area contributed by atoms with E-state index in [2.05, 4.69) is 5.32 Å². The molecule has 9 heteroatoms. The second-order valence-electron chi connectivity index (χ2n) is 8.32. The van der Waals surface area contributed by atoms with Crippen molar-refractivity contribution in [3.8, 4) is 0 Å². The molecule has 1 amide bonds. The Kier molecular flexibility index (Phi) is 6.19. The summed E-state index contributed by atoms with van der Waals surface area (Å²) in [5, 5.41) is 12.1. The van der Waals surface area contributed by atoms with Gasteiger partial charge in [0.1, 0.15) is 0 Å². The van der Waals surface area contributed by atoms with Gasteiger partial charge in [-0.1, -0.05) is 50.6 Å². The molecule has 7 nitrogen and oxygen atoms in total. The van der Waals surface area contributed by atoms with E-state index in [-0.39, 0.29) is 18.0 Å². The molecule has 0 bridgehead atoms. The second kappa shape index (κ2) is 8.35. The van der Waals surface area contributed by atoms with Gasteiger partial charge < -0.3 is 10.4 Å². The second-order valence-corrected chi connectivity index (χ2v) is 10.5. The predicted molar refractivity (Wildman–Crippen MR) is 120 cm³/mol. The normalized spacial score (nSPS) is 16.3. The number of rotatable bonds is 6. The maximum Gasteiger partial charge on any atom is 0.404 e. The van der Waals surface area contributed by atoms with Crippen molar-refractivity contribution in [1.29, 1.82) is 0 Å². The molecule has 162 valence electrons. The summed E-state index contributed by atoms with van der Waals surface area (Å²) >= 11 is 6.16. The van der Waals surface area contributed by atoms with Crippen LogP contribution in [0.2, 0.25) is 5.02 Å². The van der Waals surface area contributed by atoms with Crippen LogP contribution in [0, 0.1) is 5.41 Å². The van der Waals surface area contributed by atoms with Gasteiger partial charge in [0.05, 0.1) is 17.1 Å². The molecule has 3 rings (SSSR count). The zero-order valence-corrected chi connectivity index (χ0v) is 18.7. The number of hydrogen-bond acceptors (Lipinski definition) is 3. The molecule has 0 saturated heterocycles. The van der Waals surface area contributed by atoms with Gasteiger partial charge >= 0.3 is 16.3 Å². The Balaban J connectivity index is 1.88. The van der Waals surface area contributed by atoms with Crippen LogP contribution in [0.25, 0.3) is 0 Å². The molecule has 0 saturated carbocycles. The van der Waals surface area contributed by atoms with Crippen LogP contribution in [0.5, 0.6) is 0 Å². The molecule has 0 spiro atoms. The summed E-state index contributed by atoms with van der Waals surface area (Å²) < 4.78 is 29.5. The van der Waals surface area contributed by atoms with Gasteiger partial charge in [-0.3, -0.25) is 4.31 Å². The molecular weight excluding hydrogens is 426 g/mol. The molecule has 0 aliphatic carbocycles. The number of para-hydroxylation sites is 1. The van der Waals surface area contributed by atoms with E-state index in [1.165, 1.54) is 8.61 Å². The zero-order chi connectivity index (χ0) is 22.1. The SMILES string of the molecule is CC(C)(C)C(CCCN1c2ccc(Cl)cc2N(c2ccccc2)S1(=O)=O)NC(=O)O. The lowest BCUT2D eigenvalue weighted by Gasteiger charge is -2.31. The van der Waals surface area contributed by atoms with Crippen LogP contribution in [0.4, 0.5) is 21.9 Å². The van der Waals surface area contributed by atoms with Crippen molar-refractivity contribution in [1.82, 2.24) is 5.32 Å². The number of halogens is 1. The van der Waals surface area contributed by atoms with E-state index in [0.717, 1.165) is 0 Å². The Bertz CT molecular complexity index is 1020. The van der Waals surface area contributed by atoms with Crippen LogP contribution < -0.4 is 13.9 Å². The summed E-state index contributed by atoms with van der Waals surface area (Å²) in [5.74, 6) is 0. The van der Waals surface area contributed by atoms with E-state index in [0.29, 0.717) is 34.9 Å². The van der Waals surface area contributed by atoms with Crippen molar-refractivity contribution in [2.45, 2.75) is 39.7 Å². The fourth-order valence-corrected chi connectivity index (χ4v) is 5.51. The topological polar surface area (TPSA) is 90.0 Å². The molecular formula is C21H26ClN3O4S. The average Bonchev–Trinajstić information content (AvgIpc) is 2.86. The summed E-state index contributed by atoms with van der Waals surface area (Å²) in [6.45, 7) is 6.09. The average molecular weight is 452 g/mol. The monoisotopic (exact) mass is 451 g/mol. The van der Waals surface area contributed by atoms with Crippen LogP contribution in [-0.2, 0) is 10.2 Å². The third-order valence-electron chi connectivity index (χ3n) is 5.12. The third kappa shape index (κ3) is 4.49. The Hall–Kier alpha value is -2.45. The fraction of sp³-hybridized carbons (Fsp3) is 0.381. The summed E-state index contributed by atoms with van der Waals surface area (Å²) in [6, 6.07) is 13.6. The number of hydrogen-bond donors (Lipinski definition) is 2. The van der Waals surface area contributed by atoms with Gasteiger partial charge in [0, 0.05) is 17.6 Å². The minimum Gasteiger partial charge on any atom is -0.465 e. The molecule has 1 heterocycles. The van der Waals surface area contributed by atoms with Gasteiger partial charge in [0.2, 0.25) is 0 Å². The first-order chi connectivity index (χ1) is 14.0. The number of carbonyl (C=O) groups is 1. The van der Waals surface area contributed by atoms with E-state index in [9.17, 15) is 13.2 Å². The molecule has 1 aliphatic heterocycles. The smallest absolute Gasteiger partial charge is 0.404 e. The van der Waals surface area contributed by atoms with Crippen LogP contribution in [0.15, 0.2) is 48.5 Å². The first-order valence-electron chi connectivity index (χ1n) is 9.69. The largest absolute Gasteiger partial charge is 0.465 e. The number of anilines is 3. The highest BCUT2D eigenvalue weighted by atomic mass is 35.5. The van der Waals surface area contributed by atoms with Crippen molar-refractivity contribution in [3.05, 3.63) is 53.6 Å². The van der Waals surface area contributed by atoms with Gasteiger partial charge in [0.25, 0.3) is 0 Å². The highest BCUT2D eigenvalue weighted by Gasteiger charge is 2.41. The van der Waals surface area contributed by atoms with E-state index in [4.69, 9.17) is 16.7 Å². The third-order valence-corrected chi connectivity index (χ3v) is 7.16. The molecule has 2 aromatic carbocycles. The number of nitrogens with one attached hydrogen (secondary N) is 1. The van der Waals surface area contributed by atoms with Gasteiger partial charge in [-0.05, 0) is 48.6 Å². The van der Waals surface area contributed by atoms with E-state index < -0.39 is 16.3 Å². The Morgan fingerprint density at radius 3 is 2.40 bits per heavy atom. The number of fused-ring (bicyclic) bond motifs is 1. The molecule has 0 aromatic heterocycles. The number of carboxylic acid groups (broad SMARTS) is 1. The van der Waals surface area contributed by atoms with Crippen LogP contribution in [-0.4, -0.2) is 32.2 Å². The zero-order valence-electron chi connectivity index (χ0n) is 17.2. The van der Waals surface area contributed by atoms with Gasteiger partial charge in [-0.2, -0.15) is 8.42 Å². The molecule has 2 N–H and O–H groups in total. The Labute approximate surface area is 182 Å². The molecule has 0 fully saturated rings. The van der Waals surface area contributed by atoms with Crippen molar-refractivity contribution in [3.63, 3.8) is 0 Å². The van der Waals surface area contributed by atoms with Gasteiger partial charge in [-0.15, -0.1) is 0 Å². The number of benzene rings is 2. The number of nitrogens with zero attached hydrogens (tertiary/aromatic N) is 2. The first-order valence-corrected chi connectivity index (χ1v) is 11.5. The minimum absolute atomic E-state index is 0.230. The van der Waals surface area contributed by atoms with E-state index in [1.807, 2.05) is 26.8 Å². The predicted octanol–water partition coefficient (Wildman–Crippen LogP) is 5.01. The van der Waals surface area contributed by atoms with Crippen molar-refractivity contribution in [2.24, 2.45) is 5.41 Å². The molecule has 1 aliphatic rings. The summed E-state index contributed by atoms with van der Waals surface area (Å²) in [4.78, 5) is 11.1. The van der Waals surface area contributed by atoms with Crippen molar-refractivity contribution >= 4 is 45.0 Å². The van der Waals surface area contributed by atoms with Crippen LogP contribution >= 0.6 is 11.6 Å². The number of amides is 1. The molecule has 1 atom stereocenters. The Morgan fingerprint density at radius 1 is 1.13 bits per heavy atom.